The Labute approximate surface area is 227 Å². The molecule has 0 fully saturated rings. The Morgan fingerprint density at radius 3 is 1.83 bits per heavy atom. The number of halogens is 2. The van der Waals surface area contributed by atoms with Crippen molar-refractivity contribution in [2.45, 2.75) is 56.2 Å². The van der Waals surface area contributed by atoms with Crippen molar-refractivity contribution < 1.29 is 16.8 Å². The smallest absolute Gasteiger partial charge is 0.182 e. The van der Waals surface area contributed by atoms with E-state index in [9.17, 15) is 16.8 Å². The van der Waals surface area contributed by atoms with E-state index in [1.54, 1.807) is 0 Å². The van der Waals surface area contributed by atoms with Crippen LogP contribution in [0.15, 0.2) is 58.3 Å². The van der Waals surface area contributed by atoms with Gasteiger partial charge >= 0.3 is 0 Å². The number of benzene rings is 2. The molecule has 0 spiro atoms. The highest BCUT2D eigenvalue weighted by Crippen LogP contribution is 2.34. The van der Waals surface area contributed by atoms with Crippen LogP contribution in [0.1, 0.15) is 41.9 Å². The summed E-state index contributed by atoms with van der Waals surface area (Å²) in [6, 6.07) is 13.3. The average Bonchev–Trinajstić information content (AvgIpc) is 2.75. The van der Waals surface area contributed by atoms with Crippen molar-refractivity contribution in [2.24, 2.45) is 11.7 Å². The predicted molar refractivity (Wildman–Crippen MR) is 151 cm³/mol. The van der Waals surface area contributed by atoms with Gasteiger partial charge < -0.3 is 5.73 Å². The summed E-state index contributed by atoms with van der Waals surface area (Å²) < 4.78 is 50.3. The number of nitrogens with zero attached hydrogens (tertiary/aromatic N) is 1. The quantitative estimate of drug-likeness (QED) is 0.395. The molecule has 0 aliphatic carbocycles. The minimum Gasteiger partial charge on any atom is -0.326 e. The first-order valence-corrected chi connectivity index (χ1v) is 14.7. The van der Waals surface area contributed by atoms with E-state index in [-0.39, 0.29) is 46.9 Å². The van der Waals surface area contributed by atoms with E-state index in [0.29, 0.717) is 17.2 Å². The van der Waals surface area contributed by atoms with Crippen LogP contribution in [-0.4, -0.2) is 28.1 Å². The van der Waals surface area contributed by atoms with E-state index in [1.165, 1.54) is 24.3 Å². The van der Waals surface area contributed by atoms with Crippen molar-refractivity contribution in [3.63, 3.8) is 0 Å². The summed E-state index contributed by atoms with van der Waals surface area (Å²) in [5.74, 6) is 0.105. The maximum Gasteiger partial charge on any atom is 0.182 e. The lowest BCUT2D eigenvalue weighted by molar-refractivity contribution is 0.593. The lowest BCUT2D eigenvalue weighted by Gasteiger charge is -2.21. The molecule has 2 aromatic carbocycles. The van der Waals surface area contributed by atoms with Gasteiger partial charge in [0, 0.05) is 24.2 Å². The summed E-state index contributed by atoms with van der Waals surface area (Å²) >= 11 is 0. The number of aromatic nitrogens is 1. The number of nitrogens with two attached hydrogens (primary N) is 1. The minimum atomic E-state index is -3.77. The largest absolute Gasteiger partial charge is 0.326 e. The number of aryl methyl sites for hydroxylation is 2. The maximum absolute atomic E-state index is 13.4. The van der Waals surface area contributed by atoms with Gasteiger partial charge in [-0.25, -0.2) is 16.8 Å². The molecule has 0 saturated heterocycles. The van der Waals surface area contributed by atoms with Crippen molar-refractivity contribution >= 4 is 44.5 Å². The SMILES string of the molecule is Cc1ccc(-c2c(CS(=O)(=O)c3ccc(S(C)(=O)=O)cc3)c(C)nc(CC(C)C)c2CN)cc1.Cl.Cl. The molecule has 10 heteroatoms. The van der Waals surface area contributed by atoms with Crippen molar-refractivity contribution in [1.82, 2.24) is 4.98 Å². The molecule has 0 saturated carbocycles. The van der Waals surface area contributed by atoms with Gasteiger partial charge in [0.15, 0.2) is 19.7 Å². The predicted octanol–water partition coefficient (Wildman–Crippen LogP) is 5.24. The van der Waals surface area contributed by atoms with Gasteiger partial charge in [0.2, 0.25) is 0 Å². The van der Waals surface area contributed by atoms with E-state index in [2.05, 4.69) is 13.8 Å². The molecule has 0 atom stereocenters. The molecule has 3 aromatic rings. The van der Waals surface area contributed by atoms with Crippen LogP contribution in [0, 0.1) is 19.8 Å². The summed E-state index contributed by atoms with van der Waals surface area (Å²) in [5.41, 5.74) is 12.0. The van der Waals surface area contributed by atoms with Crippen LogP contribution in [0.4, 0.5) is 0 Å². The molecular weight excluding hydrogens is 539 g/mol. The maximum atomic E-state index is 13.4. The fourth-order valence-electron chi connectivity index (χ4n) is 4.03. The Kier molecular flexibility index (Phi) is 11.1. The second-order valence-electron chi connectivity index (χ2n) is 9.15. The zero-order valence-corrected chi connectivity index (χ0v) is 24.4. The lowest BCUT2D eigenvalue weighted by Crippen LogP contribution is -2.15. The first-order chi connectivity index (χ1) is 15.8. The highest BCUT2D eigenvalue weighted by molar-refractivity contribution is 7.91. The highest BCUT2D eigenvalue weighted by atomic mass is 35.5. The number of rotatable bonds is 8. The van der Waals surface area contributed by atoms with Gasteiger partial charge in [0.1, 0.15) is 0 Å². The molecule has 0 aliphatic heterocycles. The van der Waals surface area contributed by atoms with Crippen molar-refractivity contribution in [2.75, 3.05) is 6.26 Å². The van der Waals surface area contributed by atoms with Gasteiger partial charge in [-0.05, 0) is 72.7 Å². The molecule has 0 radical (unpaired) electrons. The molecule has 36 heavy (non-hydrogen) atoms. The fourth-order valence-corrected chi connectivity index (χ4v) is 6.11. The third-order valence-corrected chi connectivity index (χ3v) is 8.57. The van der Waals surface area contributed by atoms with Gasteiger partial charge in [0.25, 0.3) is 0 Å². The molecule has 0 amide bonds. The number of sulfone groups is 2. The zero-order valence-electron chi connectivity index (χ0n) is 21.1. The van der Waals surface area contributed by atoms with Crippen LogP contribution in [-0.2, 0) is 38.4 Å². The molecule has 0 bridgehead atoms. The third-order valence-electron chi connectivity index (χ3n) is 5.78. The minimum absolute atomic E-state index is 0. The van der Waals surface area contributed by atoms with Gasteiger partial charge in [-0.2, -0.15) is 0 Å². The van der Waals surface area contributed by atoms with Crippen molar-refractivity contribution in [1.29, 1.82) is 0 Å². The number of hydrogen-bond acceptors (Lipinski definition) is 6. The van der Waals surface area contributed by atoms with E-state index in [0.717, 1.165) is 40.6 Å². The van der Waals surface area contributed by atoms with Crippen molar-refractivity contribution in [3.8, 4) is 11.1 Å². The molecule has 6 nitrogen and oxygen atoms in total. The van der Waals surface area contributed by atoms with Crippen LogP contribution >= 0.6 is 24.8 Å². The summed E-state index contributed by atoms with van der Waals surface area (Å²) in [6.45, 7) is 8.30. The molecule has 2 N–H and O–H groups in total. The lowest BCUT2D eigenvalue weighted by atomic mass is 9.90. The standard InChI is InChI=1S/C26H32N2O4S2.2ClH/c1-17(2)14-25-23(15-27)26(20-8-6-18(3)7-9-20)24(19(4)28-25)16-34(31,32)22-12-10-21(11-13-22)33(5,29)30;;/h6-13,17H,14-16,27H2,1-5H3;2*1H. The van der Waals surface area contributed by atoms with Gasteiger partial charge in [-0.15, -0.1) is 24.8 Å². The van der Waals surface area contributed by atoms with Gasteiger partial charge in [-0.1, -0.05) is 43.7 Å². The van der Waals surface area contributed by atoms with E-state index in [1.807, 2.05) is 38.1 Å². The number of hydrogen-bond donors (Lipinski definition) is 1. The first-order valence-electron chi connectivity index (χ1n) is 11.1. The number of pyridine rings is 1. The van der Waals surface area contributed by atoms with E-state index in [4.69, 9.17) is 10.7 Å². The molecule has 0 unspecified atom stereocenters. The topological polar surface area (TPSA) is 107 Å². The molecule has 1 heterocycles. The molecule has 198 valence electrons. The average molecular weight is 574 g/mol. The first kappa shape index (κ1) is 32.1. The van der Waals surface area contributed by atoms with E-state index >= 15 is 0 Å². The monoisotopic (exact) mass is 572 g/mol. The summed E-state index contributed by atoms with van der Waals surface area (Å²) in [5, 5.41) is 0. The molecule has 0 aliphatic rings. The third kappa shape index (κ3) is 7.29. The Hall–Kier alpha value is -1.97. The Balaban J connectivity index is 0.00000324. The van der Waals surface area contributed by atoms with Crippen LogP contribution in [0.5, 0.6) is 0 Å². The Morgan fingerprint density at radius 1 is 0.833 bits per heavy atom. The second kappa shape index (κ2) is 12.5. The van der Waals surface area contributed by atoms with Crippen LogP contribution in [0.3, 0.4) is 0 Å². The van der Waals surface area contributed by atoms with Crippen LogP contribution in [0.25, 0.3) is 11.1 Å². The Bertz CT molecular complexity index is 1400. The van der Waals surface area contributed by atoms with E-state index < -0.39 is 19.7 Å². The summed E-state index contributed by atoms with van der Waals surface area (Å²) in [6.07, 6.45) is 1.83. The summed E-state index contributed by atoms with van der Waals surface area (Å²) in [4.78, 5) is 4.93. The van der Waals surface area contributed by atoms with Crippen LogP contribution in [0.2, 0.25) is 0 Å². The van der Waals surface area contributed by atoms with Crippen LogP contribution < -0.4 is 5.73 Å². The fraction of sp³-hybridized carbons (Fsp3) is 0.346. The second-order valence-corrected chi connectivity index (χ2v) is 13.2. The molecule has 3 rings (SSSR count). The van der Waals surface area contributed by atoms with Gasteiger partial charge in [-0.3, -0.25) is 4.98 Å². The molecule has 1 aromatic heterocycles. The summed E-state index contributed by atoms with van der Waals surface area (Å²) in [7, 11) is -7.19. The van der Waals surface area contributed by atoms with Gasteiger partial charge in [0.05, 0.1) is 15.5 Å². The normalized spacial score (nSPS) is 11.6. The Morgan fingerprint density at radius 2 is 1.36 bits per heavy atom. The van der Waals surface area contributed by atoms with Crippen molar-refractivity contribution in [3.05, 3.63) is 76.6 Å². The zero-order chi connectivity index (χ0) is 25.3. The highest BCUT2D eigenvalue weighted by Gasteiger charge is 2.25. The molecular formula is C26H34Cl2N2O4S2.